The van der Waals surface area contributed by atoms with Crippen molar-refractivity contribution in [2.45, 2.75) is 19.8 Å². The van der Waals surface area contributed by atoms with Crippen LogP contribution in [0.15, 0.2) is 29.6 Å². The lowest BCUT2D eigenvalue weighted by Crippen LogP contribution is -2.11. The summed E-state index contributed by atoms with van der Waals surface area (Å²) in [6.07, 6.45) is 0.834. The lowest BCUT2D eigenvalue weighted by molar-refractivity contribution is -0.143. The van der Waals surface area contributed by atoms with Crippen LogP contribution in [0, 0.1) is 5.82 Å². The van der Waals surface area contributed by atoms with E-state index in [0.717, 1.165) is 5.69 Å². The summed E-state index contributed by atoms with van der Waals surface area (Å²) in [4.78, 5) is 17.4. The molecule has 1 aromatic carbocycles. The molecule has 0 unspecified atom stereocenters. The average molecular weight is 308 g/mol. The molecule has 4 nitrogen and oxygen atoms in total. The number of ether oxygens (including phenoxy) is 1. The molecule has 0 fully saturated rings. The number of hydrogen-bond acceptors (Lipinski definition) is 5. The first-order chi connectivity index (χ1) is 10.1. The van der Waals surface area contributed by atoms with E-state index in [4.69, 9.17) is 4.74 Å². The Bertz CT molecular complexity index is 615. The zero-order valence-electron chi connectivity index (χ0n) is 12.0. The third kappa shape index (κ3) is 4.01. The van der Waals surface area contributed by atoms with Gasteiger partial charge in [-0.2, -0.15) is 0 Å². The Morgan fingerprint density at radius 1 is 1.43 bits per heavy atom. The minimum absolute atomic E-state index is 0.227. The Kier molecular flexibility index (Phi) is 5.27. The van der Waals surface area contributed by atoms with Gasteiger partial charge in [-0.1, -0.05) is 12.1 Å². The van der Waals surface area contributed by atoms with Gasteiger partial charge in [0.25, 0.3) is 0 Å². The number of carbonyl (C=O) groups excluding carboxylic acids is 1. The number of aromatic nitrogens is 1. The van der Waals surface area contributed by atoms with Crippen molar-refractivity contribution in [2.24, 2.45) is 0 Å². The molecule has 0 spiro atoms. The maximum atomic E-state index is 13.7. The molecule has 0 radical (unpaired) electrons. The molecule has 0 amide bonds. The van der Waals surface area contributed by atoms with E-state index >= 15 is 0 Å². The SMILES string of the molecule is CCOC(=O)CCc1csc(N(C)c2ccccc2F)n1. The number of benzene rings is 1. The molecule has 21 heavy (non-hydrogen) atoms. The van der Waals surface area contributed by atoms with Crippen molar-refractivity contribution >= 4 is 28.1 Å². The van der Waals surface area contributed by atoms with Gasteiger partial charge in [-0.25, -0.2) is 9.37 Å². The molecule has 2 rings (SSSR count). The maximum Gasteiger partial charge on any atom is 0.306 e. The lowest BCUT2D eigenvalue weighted by Gasteiger charge is -2.16. The Morgan fingerprint density at radius 3 is 2.90 bits per heavy atom. The van der Waals surface area contributed by atoms with Gasteiger partial charge < -0.3 is 9.64 Å². The van der Waals surface area contributed by atoms with E-state index in [-0.39, 0.29) is 11.8 Å². The number of esters is 1. The molecule has 0 aliphatic heterocycles. The molecule has 0 N–H and O–H groups in total. The van der Waals surface area contributed by atoms with Crippen LogP contribution in [0.1, 0.15) is 19.0 Å². The Labute approximate surface area is 127 Å². The number of halogens is 1. The highest BCUT2D eigenvalue weighted by atomic mass is 32.1. The second-order valence-corrected chi connectivity index (χ2v) is 5.27. The molecule has 1 heterocycles. The van der Waals surface area contributed by atoms with Crippen LogP contribution < -0.4 is 4.90 Å². The fraction of sp³-hybridized carbons (Fsp3) is 0.333. The first kappa shape index (κ1) is 15.4. The Morgan fingerprint density at radius 2 is 2.19 bits per heavy atom. The maximum absolute atomic E-state index is 13.7. The number of thiazole rings is 1. The Hall–Kier alpha value is -1.95. The molecular weight excluding hydrogens is 291 g/mol. The summed E-state index contributed by atoms with van der Waals surface area (Å²) in [5.74, 6) is -0.516. The van der Waals surface area contributed by atoms with Gasteiger partial charge in [0.2, 0.25) is 0 Å². The highest BCUT2D eigenvalue weighted by molar-refractivity contribution is 7.13. The summed E-state index contributed by atoms with van der Waals surface area (Å²) in [6.45, 7) is 2.17. The molecular formula is C15H17FN2O2S. The first-order valence-electron chi connectivity index (χ1n) is 6.70. The molecule has 0 saturated carbocycles. The van der Waals surface area contributed by atoms with Crippen molar-refractivity contribution in [3.8, 4) is 0 Å². The van der Waals surface area contributed by atoms with Crippen LogP contribution in [0.25, 0.3) is 0 Å². The van der Waals surface area contributed by atoms with Crippen LogP contribution >= 0.6 is 11.3 Å². The van der Waals surface area contributed by atoms with Crippen molar-refractivity contribution in [2.75, 3.05) is 18.6 Å². The van der Waals surface area contributed by atoms with E-state index in [9.17, 15) is 9.18 Å². The van der Waals surface area contributed by atoms with Crippen LogP contribution in [0.5, 0.6) is 0 Å². The van der Waals surface area contributed by atoms with Gasteiger partial charge >= 0.3 is 5.97 Å². The van der Waals surface area contributed by atoms with Crippen molar-refractivity contribution in [3.63, 3.8) is 0 Å². The topological polar surface area (TPSA) is 42.4 Å². The zero-order chi connectivity index (χ0) is 15.2. The third-order valence-corrected chi connectivity index (χ3v) is 3.90. The smallest absolute Gasteiger partial charge is 0.306 e. The van der Waals surface area contributed by atoms with Crippen molar-refractivity contribution in [3.05, 3.63) is 41.2 Å². The fourth-order valence-corrected chi connectivity index (χ4v) is 2.69. The predicted octanol–water partition coefficient (Wildman–Crippen LogP) is 3.55. The van der Waals surface area contributed by atoms with Crippen molar-refractivity contribution in [1.29, 1.82) is 0 Å². The average Bonchev–Trinajstić information content (AvgIpc) is 2.94. The van der Waals surface area contributed by atoms with E-state index in [1.807, 2.05) is 5.38 Å². The van der Waals surface area contributed by atoms with Gasteiger partial charge in [-0.05, 0) is 19.1 Å². The second kappa shape index (κ2) is 7.17. The van der Waals surface area contributed by atoms with E-state index in [0.29, 0.717) is 30.3 Å². The number of rotatable bonds is 6. The minimum Gasteiger partial charge on any atom is -0.466 e. The Balaban J connectivity index is 2.02. The molecule has 0 bridgehead atoms. The number of carbonyl (C=O) groups is 1. The van der Waals surface area contributed by atoms with Crippen LogP contribution in [0.2, 0.25) is 0 Å². The minimum atomic E-state index is -0.289. The van der Waals surface area contributed by atoms with Crippen molar-refractivity contribution < 1.29 is 13.9 Å². The predicted molar refractivity (Wildman–Crippen MR) is 81.5 cm³/mol. The van der Waals surface area contributed by atoms with Crippen LogP contribution in [0.4, 0.5) is 15.2 Å². The molecule has 112 valence electrons. The monoisotopic (exact) mass is 308 g/mol. The van der Waals surface area contributed by atoms with Crippen LogP contribution in [-0.4, -0.2) is 24.6 Å². The third-order valence-electron chi connectivity index (χ3n) is 2.93. The number of aryl methyl sites for hydroxylation is 1. The van der Waals surface area contributed by atoms with E-state index in [1.54, 1.807) is 37.1 Å². The molecule has 0 aliphatic rings. The normalized spacial score (nSPS) is 10.4. The number of para-hydroxylation sites is 1. The summed E-state index contributed by atoms with van der Waals surface area (Å²) in [5, 5.41) is 2.57. The van der Waals surface area contributed by atoms with Gasteiger partial charge in [0, 0.05) is 18.8 Å². The summed E-state index contributed by atoms with van der Waals surface area (Å²) in [5.41, 5.74) is 1.29. The second-order valence-electron chi connectivity index (χ2n) is 4.44. The number of nitrogens with zero attached hydrogens (tertiary/aromatic N) is 2. The molecule has 1 aromatic heterocycles. The summed E-state index contributed by atoms with van der Waals surface area (Å²) in [7, 11) is 1.77. The van der Waals surface area contributed by atoms with Crippen molar-refractivity contribution in [1.82, 2.24) is 4.98 Å². The number of anilines is 2. The fourth-order valence-electron chi connectivity index (χ4n) is 1.86. The van der Waals surface area contributed by atoms with E-state index in [2.05, 4.69) is 4.98 Å². The molecule has 0 aliphatic carbocycles. The van der Waals surface area contributed by atoms with Gasteiger partial charge in [0.05, 0.1) is 24.4 Å². The molecule has 0 atom stereocenters. The van der Waals surface area contributed by atoms with Gasteiger partial charge in [0.1, 0.15) is 5.82 Å². The van der Waals surface area contributed by atoms with Gasteiger partial charge in [-0.3, -0.25) is 4.79 Å². The molecule has 2 aromatic rings. The molecule has 0 saturated heterocycles. The quantitative estimate of drug-likeness (QED) is 0.765. The summed E-state index contributed by atoms with van der Waals surface area (Å²) >= 11 is 1.42. The van der Waals surface area contributed by atoms with Crippen LogP contribution in [0.3, 0.4) is 0 Å². The van der Waals surface area contributed by atoms with Gasteiger partial charge in [0.15, 0.2) is 5.13 Å². The first-order valence-corrected chi connectivity index (χ1v) is 7.58. The van der Waals surface area contributed by atoms with Gasteiger partial charge in [-0.15, -0.1) is 11.3 Å². The lowest BCUT2D eigenvalue weighted by atomic mass is 10.2. The summed E-state index contributed by atoms with van der Waals surface area (Å²) in [6, 6.07) is 6.56. The largest absolute Gasteiger partial charge is 0.466 e. The molecule has 6 heteroatoms. The van der Waals surface area contributed by atoms with Crippen LogP contribution in [-0.2, 0) is 16.0 Å². The zero-order valence-corrected chi connectivity index (χ0v) is 12.8. The highest BCUT2D eigenvalue weighted by Gasteiger charge is 2.13. The van der Waals surface area contributed by atoms with E-state index in [1.165, 1.54) is 17.4 Å². The highest BCUT2D eigenvalue weighted by Crippen LogP contribution is 2.28. The number of hydrogen-bond donors (Lipinski definition) is 0. The summed E-state index contributed by atoms with van der Waals surface area (Å²) < 4.78 is 18.6. The standard InChI is InChI=1S/C15H17FN2O2S/c1-3-20-14(19)9-8-11-10-21-15(17-11)18(2)13-7-5-4-6-12(13)16/h4-7,10H,3,8-9H2,1-2H3. The van der Waals surface area contributed by atoms with E-state index < -0.39 is 0 Å².